The van der Waals surface area contributed by atoms with Gasteiger partial charge in [0.15, 0.2) is 5.78 Å². The Bertz CT molecular complexity index is 717. The number of hydrogen-bond donors (Lipinski definition) is 0. The minimum atomic E-state index is -0.449. The van der Waals surface area contributed by atoms with E-state index in [0.29, 0.717) is 12.0 Å². The zero-order valence-corrected chi connectivity index (χ0v) is 15.6. The first-order valence-corrected chi connectivity index (χ1v) is 8.80. The molecule has 2 aromatic rings. The summed E-state index contributed by atoms with van der Waals surface area (Å²) in [6, 6.07) is 15.4. The van der Waals surface area contributed by atoms with Crippen molar-refractivity contribution in [2.24, 2.45) is 0 Å². The zero-order chi connectivity index (χ0) is 18.4. The molecule has 0 spiro atoms. The van der Waals surface area contributed by atoms with Crippen LogP contribution in [0.2, 0.25) is 0 Å². The molecule has 0 aromatic heterocycles. The average molecular weight is 337 g/mol. The highest BCUT2D eigenvalue weighted by atomic mass is 16.2. The van der Waals surface area contributed by atoms with Crippen molar-refractivity contribution in [2.75, 3.05) is 7.05 Å². The molecular weight excluding hydrogens is 310 g/mol. The molecular formula is C22H27NO2. The fourth-order valence-electron chi connectivity index (χ4n) is 2.73. The minimum absolute atomic E-state index is 0.0140. The van der Waals surface area contributed by atoms with Crippen LogP contribution in [0.25, 0.3) is 0 Å². The first-order valence-electron chi connectivity index (χ1n) is 8.80. The summed E-state index contributed by atoms with van der Waals surface area (Å²) in [5.74, 6) is -0.00513. The molecule has 0 saturated carbocycles. The van der Waals surface area contributed by atoms with Crippen molar-refractivity contribution < 1.29 is 9.59 Å². The highest BCUT2D eigenvalue weighted by molar-refractivity contribution is 6.01. The number of amides is 1. The van der Waals surface area contributed by atoms with Gasteiger partial charge >= 0.3 is 0 Å². The van der Waals surface area contributed by atoms with Gasteiger partial charge in [-0.25, -0.2) is 0 Å². The SMILES string of the molecule is Cc1ccc(CCCC(=O)N(C)C(C)C(=O)c2ccc(C)cc2)cc1. The lowest BCUT2D eigenvalue weighted by atomic mass is 10.0. The van der Waals surface area contributed by atoms with Gasteiger partial charge in [-0.3, -0.25) is 9.59 Å². The van der Waals surface area contributed by atoms with Gasteiger partial charge in [-0.05, 0) is 39.2 Å². The van der Waals surface area contributed by atoms with Crippen molar-refractivity contribution >= 4 is 11.7 Å². The molecule has 0 radical (unpaired) electrons. The number of benzene rings is 2. The Morgan fingerprint density at radius 3 is 2.00 bits per heavy atom. The number of rotatable bonds is 7. The maximum atomic E-state index is 12.5. The lowest BCUT2D eigenvalue weighted by molar-refractivity contribution is -0.131. The Morgan fingerprint density at radius 1 is 0.920 bits per heavy atom. The smallest absolute Gasteiger partial charge is 0.222 e. The van der Waals surface area contributed by atoms with Crippen molar-refractivity contribution in [2.45, 2.75) is 46.1 Å². The third-order valence-corrected chi connectivity index (χ3v) is 4.67. The molecule has 0 aliphatic carbocycles. The van der Waals surface area contributed by atoms with Crippen LogP contribution in [0.15, 0.2) is 48.5 Å². The van der Waals surface area contributed by atoms with Gasteiger partial charge in [0, 0.05) is 19.0 Å². The lowest BCUT2D eigenvalue weighted by Crippen LogP contribution is -2.40. The van der Waals surface area contributed by atoms with Crippen LogP contribution in [0.4, 0.5) is 0 Å². The van der Waals surface area contributed by atoms with Crippen molar-refractivity contribution in [3.8, 4) is 0 Å². The number of carbonyl (C=O) groups excluding carboxylic acids is 2. The predicted octanol–water partition coefficient (Wildman–Crippen LogP) is 4.36. The molecule has 1 atom stereocenters. The standard InChI is InChI=1S/C22H27NO2/c1-16-8-12-19(13-9-16)6-5-7-21(24)23(4)18(3)22(25)20-14-10-17(2)11-15-20/h8-15,18H,5-7H2,1-4H3. The van der Waals surface area contributed by atoms with Crippen molar-refractivity contribution in [1.29, 1.82) is 0 Å². The summed E-state index contributed by atoms with van der Waals surface area (Å²) in [5, 5.41) is 0. The molecule has 0 fully saturated rings. The van der Waals surface area contributed by atoms with Gasteiger partial charge in [0.25, 0.3) is 0 Å². The van der Waals surface area contributed by atoms with Crippen LogP contribution in [-0.2, 0) is 11.2 Å². The molecule has 3 nitrogen and oxygen atoms in total. The van der Waals surface area contributed by atoms with E-state index < -0.39 is 6.04 Å². The summed E-state index contributed by atoms with van der Waals surface area (Å²) >= 11 is 0. The van der Waals surface area contributed by atoms with E-state index in [1.165, 1.54) is 11.1 Å². The topological polar surface area (TPSA) is 37.4 Å². The van der Waals surface area contributed by atoms with Crippen LogP contribution in [0, 0.1) is 13.8 Å². The Balaban J connectivity index is 1.86. The molecule has 3 heteroatoms. The Morgan fingerprint density at radius 2 is 1.44 bits per heavy atom. The van der Waals surface area contributed by atoms with Gasteiger partial charge in [0.05, 0.1) is 6.04 Å². The first kappa shape index (κ1) is 18.9. The van der Waals surface area contributed by atoms with E-state index in [9.17, 15) is 9.59 Å². The Labute approximate surface area is 150 Å². The Kier molecular flexibility index (Phi) is 6.51. The summed E-state index contributed by atoms with van der Waals surface area (Å²) in [6.07, 6.45) is 2.12. The molecule has 0 aliphatic rings. The summed E-state index contributed by atoms with van der Waals surface area (Å²) in [4.78, 5) is 26.5. The maximum absolute atomic E-state index is 12.5. The number of likely N-dealkylation sites (N-methyl/N-ethyl adjacent to an activating group) is 1. The summed E-state index contributed by atoms with van der Waals surface area (Å²) < 4.78 is 0. The normalized spacial score (nSPS) is 11.8. The second-order valence-electron chi connectivity index (χ2n) is 6.75. The van der Waals surface area contributed by atoms with Gasteiger partial charge in [-0.15, -0.1) is 0 Å². The largest absolute Gasteiger partial charge is 0.336 e. The van der Waals surface area contributed by atoms with Crippen LogP contribution in [0.3, 0.4) is 0 Å². The van der Waals surface area contributed by atoms with Gasteiger partial charge in [-0.2, -0.15) is 0 Å². The first-order chi connectivity index (χ1) is 11.9. The molecule has 132 valence electrons. The minimum Gasteiger partial charge on any atom is -0.336 e. The molecule has 2 aromatic carbocycles. The number of hydrogen-bond acceptors (Lipinski definition) is 2. The fourth-order valence-corrected chi connectivity index (χ4v) is 2.73. The Hall–Kier alpha value is -2.42. The van der Waals surface area contributed by atoms with Crippen molar-refractivity contribution in [3.63, 3.8) is 0 Å². The van der Waals surface area contributed by atoms with Crippen LogP contribution in [0.1, 0.15) is 46.8 Å². The van der Waals surface area contributed by atoms with Crippen molar-refractivity contribution in [1.82, 2.24) is 4.90 Å². The van der Waals surface area contributed by atoms with E-state index in [1.54, 1.807) is 18.9 Å². The van der Waals surface area contributed by atoms with E-state index in [2.05, 4.69) is 31.2 Å². The summed E-state index contributed by atoms with van der Waals surface area (Å²) in [6.45, 7) is 5.84. The highest BCUT2D eigenvalue weighted by Crippen LogP contribution is 2.12. The van der Waals surface area contributed by atoms with E-state index in [1.807, 2.05) is 31.2 Å². The number of Topliss-reactive ketones (excluding diaryl/α,β-unsaturated/α-hetero) is 1. The highest BCUT2D eigenvalue weighted by Gasteiger charge is 2.23. The van der Waals surface area contributed by atoms with Gasteiger partial charge in [0.1, 0.15) is 0 Å². The van der Waals surface area contributed by atoms with Crippen molar-refractivity contribution in [3.05, 3.63) is 70.8 Å². The molecule has 25 heavy (non-hydrogen) atoms. The quantitative estimate of drug-likeness (QED) is 0.704. The van der Waals surface area contributed by atoms with Crippen LogP contribution < -0.4 is 0 Å². The lowest BCUT2D eigenvalue weighted by Gasteiger charge is -2.24. The average Bonchev–Trinajstić information content (AvgIpc) is 2.62. The molecule has 0 bridgehead atoms. The number of ketones is 1. The molecule has 2 rings (SSSR count). The van der Waals surface area contributed by atoms with E-state index >= 15 is 0 Å². The summed E-state index contributed by atoms with van der Waals surface area (Å²) in [7, 11) is 1.71. The van der Waals surface area contributed by atoms with E-state index in [4.69, 9.17) is 0 Å². The van der Waals surface area contributed by atoms with Gasteiger partial charge in [0.2, 0.25) is 5.91 Å². The zero-order valence-electron chi connectivity index (χ0n) is 15.6. The van der Waals surface area contributed by atoms with Crippen LogP contribution in [-0.4, -0.2) is 29.7 Å². The molecule has 0 heterocycles. The van der Waals surface area contributed by atoms with E-state index in [0.717, 1.165) is 18.4 Å². The molecule has 0 aliphatic heterocycles. The van der Waals surface area contributed by atoms with E-state index in [-0.39, 0.29) is 11.7 Å². The number of nitrogens with zero attached hydrogens (tertiary/aromatic N) is 1. The third-order valence-electron chi connectivity index (χ3n) is 4.67. The molecule has 0 saturated heterocycles. The van der Waals surface area contributed by atoms with Gasteiger partial charge < -0.3 is 4.90 Å². The molecule has 1 amide bonds. The summed E-state index contributed by atoms with van der Waals surface area (Å²) in [5.41, 5.74) is 4.25. The van der Waals surface area contributed by atoms with Gasteiger partial charge in [-0.1, -0.05) is 59.7 Å². The fraction of sp³-hybridized carbons (Fsp3) is 0.364. The second kappa shape index (κ2) is 8.61. The molecule has 1 unspecified atom stereocenters. The predicted molar refractivity (Wildman–Crippen MR) is 102 cm³/mol. The maximum Gasteiger partial charge on any atom is 0.222 e. The second-order valence-corrected chi connectivity index (χ2v) is 6.75. The molecule has 0 N–H and O–H groups in total. The number of aryl methyl sites for hydroxylation is 3. The monoisotopic (exact) mass is 337 g/mol. The van der Waals surface area contributed by atoms with Crippen LogP contribution >= 0.6 is 0 Å². The third kappa shape index (κ3) is 5.28. The number of carbonyl (C=O) groups is 2. The van der Waals surface area contributed by atoms with Crippen LogP contribution in [0.5, 0.6) is 0 Å².